The smallest absolute Gasteiger partial charge is 0.234 e. The number of aryl methyl sites for hydroxylation is 1. The summed E-state index contributed by atoms with van der Waals surface area (Å²) in [7, 11) is 1.81. The average Bonchev–Trinajstić information content (AvgIpc) is 2.87. The van der Waals surface area contributed by atoms with Crippen molar-refractivity contribution in [2.24, 2.45) is 7.05 Å². The van der Waals surface area contributed by atoms with Gasteiger partial charge < -0.3 is 4.52 Å². The average molecular weight is 220 g/mol. The van der Waals surface area contributed by atoms with Crippen molar-refractivity contribution in [2.45, 2.75) is 19.8 Å². The Bertz CT molecular complexity index is 500. The van der Waals surface area contributed by atoms with Crippen molar-refractivity contribution in [1.29, 1.82) is 0 Å². The van der Waals surface area contributed by atoms with Crippen LogP contribution in [0.3, 0.4) is 0 Å². The third-order valence-corrected chi connectivity index (χ3v) is 2.15. The highest BCUT2D eigenvalue weighted by atomic mass is 16.5. The molecule has 0 aromatic carbocycles. The van der Waals surface area contributed by atoms with Crippen molar-refractivity contribution in [3.63, 3.8) is 0 Å². The number of rotatable bonds is 4. The molecule has 0 saturated heterocycles. The Kier molecular flexibility index (Phi) is 2.80. The van der Waals surface area contributed by atoms with E-state index in [1.165, 1.54) is 0 Å². The molecule has 0 aliphatic rings. The maximum atomic E-state index is 11.2. The number of hydrogen-bond donors (Lipinski definition) is 0. The van der Waals surface area contributed by atoms with Gasteiger partial charge in [0.15, 0.2) is 0 Å². The van der Waals surface area contributed by atoms with Crippen molar-refractivity contribution >= 4 is 5.78 Å². The van der Waals surface area contributed by atoms with E-state index >= 15 is 0 Å². The van der Waals surface area contributed by atoms with Gasteiger partial charge in [-0.3, -0.25) is 9.48 Å². The van der Waals surface area contributed by atoms with Gasteiger partial charge in [-0.15, -0.1) is 0 Å². The van der Waals surface area contributed by atoms with Gasteiger partial charge in [0.05, 0.1) is 6.42 Å². The van der Waals surface area contributed by atoms with Gasteiger partial charge in [0, 0.05) is 19.7 Å². The minimum Gasteiger partial charge on any atom is -0.338 e. The molecule has 0 unspecified atom stereocenters. The minimum absolute atomic E-state index is 0.0798. The Morgan fingerprint density at radius 1 is 1.56 bits per heavy atom. The van der Waals surface area contributed by atoms with Crippen LogP contribution in [0, 0.1) is 0 Å². The molecule has 0 amide bonds. The largest absolute Gasteiger partial charge is 0.338 e. The van der Waals surface area contributed by atoms with Crippen LogP contribution < -0.4 is 0 Å². The van der Waals surface area contributed by atoms with Gasteiger partial charge in [0.25, 0.3) is 0 Å². The van der Waals surface area contributed by atoms with Crippen molar-refractivity contribution in [2.75, 3.05) is 0 Å². The number of carbonyl (C=O) groups excluding carboxylic acids is 1. The number of nitrogens with zero attached hydrogens (tertiary/aromatic N) is 4. The van der Waals surface area contributed by atoms with Crippen molar-refractivity contribution < 1.29 is 9.32 Å². The van der Waals surface area contributed by atoms with Gasteiger partial charge in [-0.25, -0.2) is 0 Å². The van der Waals surface area contributed by atoms with Crippen LogP contribution in [-0.4, -0.2) is 25.7 Å². The summed E-state index contributed by atoms with van der Waals surface area (Å²) in [6.07, 6.45) is 2.46. The van der Waals surface area contributed by atoms with E-state index in [0.29, 0.717) is 23.8 Å². The van der Waals surface area contributed by atoms with Crippen molar-refractivity contribution in [3.8, 4) is 11.5 Å². The molecular weight excluding hydrogens is 208 g/mol. The molecule has 6 heteroatoms. The molecule has 2 rings (SSSR count). The first-order chi connectivity index (χ1) is 7.69. The second-order valence-electron chi connectivity index (χ2n) is 3.46. The Balaban J connectivity index is 2.16. The lowest BCUT2D eigenvalue weighted by Crippen LogP contribution is -2.00. The summed E-state index contributed by atoms with van der Waals surface area (Å²) in [5.74, 6) is 0.836. The number of aromatic nitrogens is 4. The molecule has 84 valence electrons. The Morgan fingerprint density at radius 2 is 2.38 bits per heavy atom. The highest BCUT2D eigenvalue weighted by molar-refractivity contribution is 5.79. The lowest BCUT2D eigenvalue weighted by Gasteiger charge is -1.88. The maximum Gasteiger partial charge on any atom is 0.234 e. The number of hydrogen-bond acceptors (Lipinski definition) is 5. The van der Waals surface area contributed by atoms with Crippen LogP contribution in [0.5, 0.6) is 0 Å². The summed E-state index contributed by atoms with van der Waals surface area (Å²) in [6.45, 7) is 1.80. The van der Waals surface area contributed by atoms with Crippen LogP contribution in [0.15, 0.2) is 16.8 Å². The predicted molar refractivity (Wildman–Crippen MR) is 55.5 cm³/mol. The molecule has 2 aromatic rings. The standard InChI is InChI=1S/C10H12N4O2/c1-3-7(15)6-9-11-10(13-16-9)8-4-5-14(2)12-8/h4-5H,3,6H2,1-2H3. The molecule has 0 atom stereocenters. The van der Waals surface area contributed by atoms with Crippen LogP contribution in [0.2, 0.25) is 0 Å². The zero-order valence-corrected chi connectivity index (χ0v) is 9.17. The second-order valence-corrected chi connectivity index (χ2v) is 3.46. The van der Waals surface area contributed by atoms with Crippen molar-refractivity contribution in [1.82, 2.24) is 19.9 Å². The Hall–Kier alpha value is -1.98. The van der Waals surface area contributed by atoms with E-state index in [9.17, 15) is 4.79 Å². The topological polar surface area (TPSA) is 73.8 Å². The Labute approximate surface area is 92.3 Å². The molecule has 0 aliphatic heterocycles. The number of Topliss-reactive ketones (excluding diaryl/α,β-unsaturated/α-hetero) is 1. The highest BCUT2D eigenvalue weighted by Crippen LogP contribution is 2.12. The van der Waals surface area contributed by atoms with E-state index in [1.807, 2.05) is 7.05 Å². The highest BCUT2D eigenvalue weighted by Gasteiger charge is 2.12. The van der Waals surface area contributed by atoms with E-state index in [1.54, 1.807) is 23.9 Å². The normalized spacial score (nSPS) is 10.6. The van der Waals surface area contributed by atoms with Gasteiger partial charge in [-0.1, -0.05) is 12.1 Å². The van der Waals surface area contributed by atoms with Gasteiger partial charge in [0.2, 0.25) is 11.7 Å². The van der Waals surface area contributed by atoms with Crippen molar-refractivity contribution in [3.05, 3.63) is 18.2 Å². The summed E-state index contributed by atoms with van der Waals surface area (Å²) in [5.41, 5.74) is 0.640. The third-order valence-electron chi connectivity index (χ3n) is 2.15. The molecule has 16 heavy (non-hydrogen) atoms. The summed E-state index contributed by atoms with van der Waals surface area (Å²) in [4.78, 5) is 15.3. The summed E-state index contributed by atoms with van der Waals surface area (Å²) in [6, 6.07) is 1.79. The van der Waals surface area contributed by atoms with E-state index in [0.717, 1.165) is 0 Å². The Morgan fingerprint density at radius 3 is 3.00 bits per heavy atom. The predicted octanol–water partition coefficient (Wildman–Crippen LogP) is 0.992. The van der Waals surface area contributed by atoms with Crippen LogP contribution in [-0.2, 0) is 18.3 Å². The molecule has 2 heterocycles. The van der Waals surface area contributed by atoms with E-state index in [4.69, 9.17) is 4.52 Å². The number of ketones is 1. The first kappa shape index (κ1) is 10.5. The fraction of sp³-hybridized carbons (Fsp3) is 0.400. The molecule has 2 aromatic heterocycles. The fourth-order valence-electron chi connectivity index (χ4n) is 1.26. The summed E-state index contributed by atoms with van der Waals surface area (Å²) >= 11 is 0. The molecule has 6 nitrogen and oxygen atoms in total. The molecule has 0 aliphatic carbocycles. The van der Waals surface area contributed by atoms with Crippen LogP contribution in [0.4, 0.5) is 0 Å². The van der Waals surface area contributed by atoms with E-state index in [-0.39, 0.29) is 12.2 Å². The van der Waals surface area contributed by atoms with E-state index < -0.39 is 0 Å². The monoisotopic (exact) mass is 220 g/mol. The lowest BCUT2D eigenvalue weighted by atomic mass is 10.2. The van der Waals surface area contributed by atoms with Gasteiger partial charge in [-0.05, 0) is 6.07 Å². The summed E-state index contributed by atoms with van der Waals surface area (Å²) in [5, 5.41) is 7.91. The second kappa shape index (κ2) is 4.26. The van der Waals surface area contributed by atoms with Gasteiger partial charge >= 0.3 is 0 Å². The third kappa shape index (κ3) is 2.16. The first-order valence-corrected chi connectivity index (χ1v) is 5.03. The quantitative estimate of drug-likeness (QED) is 0.768. The van der Waals surface area contributed by atoms with Gasteiger partial charge in [-0.2, -0.15) is 10.1 Å². The first-order valence-electron chi connectivity index (χ1n) is 5.03. The lowest BCUT2D eigenvalue weighted by molar-refractivity contribution is -0.118. The molecule has 0 spiro atoms. The molecule has 0 radical (unpaired) electrons. The molecule has 0 N–H and O–H groups in total. The number of carbonyl (C=O) groups is 1. The van der Waals surface area contributed by atoms with Crippen LogP contribution in [0.1, 0.15) is 19.2 Å². The summed E-state index contributed by atoms with van der Waals surface area (Å²) < 4.78 is 6.62. The molecule has 0 bridgehead atoms. The zero-order valence-electron chi connectivity index (χ0n) is 9.17. The van der Waals surface area contributed by atoms with Gasteiger partial charge in [0.1, 0.15) is 11.5 Å². The zero-order chi connectivity index (χ0) is 11.5. The molecular formula is C10H12N4O2. The van der Waals surface area contributed by atoms with Crippen LogP contribution in [0.25, 0.3) is 11.5 Å². The minimum atomic E-state index is 0.0798. The molecule has 0 saturated carbocycles. The maximum absolute atomic E-state index is 11.2. The van der Waals surface area contributed by atoms with Crippen LogP contribution >= 0.6 is 0 Å². The molecule has 0 fully saturated rings. The SMILES string of the molecule is CCC(=O)Cc1nc(-c2ccn(C)n2)no1. The van der Waals surface area contributed by atoms with E-state index in [2.05, 4.69) is 15.2 Å². The fourth-order valence-corrected chi connectivity index (χ4v) is 1.26.